The number of methoxy groups -OCH3 is 1. The van der Waals surface area contributed by atoms with Crippen LogP contribution in [0.3, 0.4) is 0 Å². The highest BCUT2D eigenvalue weighted by molar-refractivity contribution is 5.47. The topological polar surface area (TPSA) is 65.4 Å². The van der Waals surface area contributed by atoms with Crippen LogP contribution in [0.2, 0.25) is 0 Å². The zero-order valence-corrected chi connectivity index (χ0v) is 11.3. The molecule has 0 amide bonds. The Balaban J connectivity index is 1.94. The standard InChI is InChI=1S/C15H16N4O/c1-20-13-6-2-4-11(8-13)9-14-17-15-12(10-16)5-3-7-19(15)18-14/h2-8H,9-10,16H2,1H3. The van der Waals surface area contributed by atoms with Gasteiger partial charge in [-0.2, -0.15) is 5.10 Å². The van der Waals surface area contributed by atoms with Crippen molar-refractivity contribution < 1.29 is 4.74 Å². The van der Waals surface area contributed by atoms with E-state index in [1.165, 1.54) is 0 Å². The lowest BCUT2D eigenvalue weighted by molar-refractivity contribution is 0.414. The molecule has 0 aliphatic rings. The molecule has 0 radical (unpaired) electrons. The number of hydrogen-bond donors (Lipinski definition) is 1. The highest BCUT2D eigenvalue weighted by Gasteiger charge is 2.08. The molecule has 20 heavy (non-hydrogen) atoms. The van der Waals surface area contributed by atoms with E-state index in [1.807, 2.05) is 42.6 Å². The van der Waals surface area contributed by atoms with Crippen molar-refractivity contribution in [3.8, 4) is 5.75 Å². The molecule has 0 unspecified atom stereocenters. The first-order valence-electron chi connectivity index (χ1n) is 6.46. The maximum Gasteiger partial charge on any atom is 0.160 e. The molecule has 3 aromatic rings. The van der Waals surface area contributed by atoms with Crippen molar-refractivity contribution in [1.29, 1.82) is 0 Å². The van der Waals surface area contributed by atoms with Crippen molar-refractivity contribution >= 4 is 5.65 Å². The molecule has 2 aromatic heterocycles. The lowest BCUT2D eigenvalue weighted by Gasteiger charge is -2.01. The summed E-state index contributed by atoms with van der Waals surface area (Å²) in [5, 5.41) is 4.48. The summed E-state index contributed by atoms with van der Waals surface area (Å²) < 4.78 is 7.00. The number of benzene rings is 1. The second-order valence-corrected chi connectivity index (χ2v) is 4.56. The molecule has 0 saturated heterocycles. The lowest BCUT2D eigenvalue weighted by Crippen LogP contribution is -1.99. The number of nitrogens with zero attached hydrogens (tertiary/aromatic N) is 3. The molecule has 5 heteroatoms. The van der Waals surface area contributed by atoms with E-state index in [4.69, 9.17) is 10.5 Å². The largest absolute Gasteiger partial charge is 0.497 e. The monoisotopic (exact) mass is 268 g/mol. The fourth-order valence-electron chi connectivity index (χ4n) is 2.20. The number of pyridine rings is 1. The Labute approximate surface area is 117 Å². The van der Waals surface area contributed by atoms with Gasteiger partial charge in [0.15, 0.2) is 11.5 Å². The highest BCUT2D eigenvalue weighted by atomic mass is 16.5. The molecule has 0 bridgehead atoms. The Bertz CT molecular complexity index is 736. The second-order valence-electron chi connectivity index (χ2n) is 4.56. The van der Waals surface area contributed by atoms with Crippen LogP contribution in [0.1, 0.15) is 17.0 Å². The van der Waals surface area contributed by atoms with Crippen molar-refractivity contribution in [3.05, 3.63) is 59.5 Å². The van der Waals surface area contributed by atoms with Gasteiger partial charge in [0.1, 0.15) is 5.75 Å². The molecule has 0 spiro atoms. The number of ether oxygens (including phenoxy) is 1. The van der Waals surface area contributed by atoms with Crippen molar-refractivity contribution in [2.24, 2.45) is 5.73 Å². The molecule has 102 valence electrons. The van der Waals surface area contributed by atoms with Crippen LogP contribution in [0.4, 0.5) is 0 Å². The SMILES string of the molecule is COc1cccc(Cc2nc3c(CN)cccn3n2)c1. The Morgan fingerprint density at radius 3 is 2.95 bits per heavy atom. The Morgan fingerprint density at radius 1 is 1.25 bits per heavy atom. The minimum Gasteiger partial charge on any atom is -0.497 e. The van der Waals surface area contributed by atoms with E-state index < -0.39 is 0 Å². The van der Waals surface area contributed by atoms with Crippen LogP contribution in [-0.2, 0) is 13.0 Å². The highest BCUT2D eigenvalue weighted by Crippen LogP contribution is 2.16. The van der Waals surface area contributed by atoms with Crippen LogP contribution in [0.15, 0.2) is 42.6 Å². The van der Waals surface area contributed by atoms with E-state index in [2.05, 4.69) is 10.1 Å². The normalized spacial score (nSPS) is 10.9. The third-order valence-electron chi connectivity index (χ3n) is 3.20. The van der Waals surface area contributed by atoms with Crippen LogP contribution >= 0.6 is 0 Å². The van der Waals surface area contributed by atoms with Gasteiger partial charge in [-0.15, -0.1) is 0 Å². The minimum atomic E-state index is 0.460. The summed E-state index contributed by atoms with van der Waals surface area (Å²) in [5.74, 6) is 1.62. The van der Waals surface area contributed by atoms with E-state index in [0.717, 1.165) is 28.3 Å². The van der Waals surface area contributed by atoms with Crippen molar-refractivity contribution in [2.45, 2.75) is 13.0 Å². The molecular weight excluding hydrogens is 252 g/mol. The Morgan fingerprint density at radius 2 is 2.15 bits per heavy atom. The summed E-state index contributed by atoms with van der Waals surface area (Å²) in [4.78, 5) is 4.57. The molecule has 2 heterocycles. The smallest absolute Gasteiger partial charge is 0.160 e. The van der Waals surface area contributed by atoms with Crippen molar-refractivity contribution in [3.63, 3.8) is 0 Å². The summed E-state index contributed by atoms with van der Waals surface area (Å²) >= 11 is 0. The first-order valence-corrected chi connectivity index (χ1v) is 6.46. The number of hydrogen-bond acceptors (Lipinski definition) is 4. The number of fused-ring (bicyclic) bond motifs is 1. The molecule has 5 nitrogen and oxygen atoms in total. The van der Waals surface area contributed by atoms with Gasteiger partial charge in [0.05, 0.1) is 7.11 Å². The van der Waals surface area contributed by atoms with Gasteiger partial charge in [-0.25, -0.2) is 9.50 Å². The number of nitrogens with two attached hydrogens (primary N) is 1. The molecular formula is C15H16N4O. The van der Waals surface area contributed by atoms with Gasteiger partial charge in [0.25, 0.3) is 0 Å². The molecule has 0 atom stereocenters. The molecule has 0 fully saturated rings. The summed E-state index contributed by atoms with van der Waals surface area (Å²) in [6.45, 7) is 0.460. The summed E-state index contributed by atoms with van der Waals surface area (Å²) in [5.41, 5.74) is 8.66. The second kappa shape index (κ2) is 5.30. The minimum absolute atomic E-state index is 0.460. The van der Waals surface area contributed by atoms with Gasteiger partial charge >= 0.3 is 0 Å². The third kappa shape index (κ3) is 2.35. The van der Waals surface area contributed by atoms with E-state index in [-0.39, 0.29) is 0 Å². The third-order valence-corrected chi connectivity index (χ3v) is 3.20. The fraction of sp³-hybridized carbons (Fsp3) is 0.200. The molecule has 1 aromatic carbocycles. The molecule has 0 aliphatic heterocycles. The van der Waals surface area contributed by atoms with Gasteiger partial charge in [-0.3, -0.25) is 0 Å². The molecule has 0 aliphatic carbocycles. The lowest BCUT2D eigenvalue weighted by atomic mass is 10.1. The van der Waals surface area contributed by atoms with Gasteiger partial charge in [0.2, 0.25) is 0 Å². The Kier molecular flexibility index (Phi) is 3.35. The first kappa shape index (κ1) is 12.6. The van der Waals surface area contributed by atoms with E-state index in [0.29, 0.717) is 13.0 Å². The van der Waals surface area contributed by atoms with E-state index >= 15 is 0 Å². The van der Waals surface area contributed by atoms with E-state index in [1.54, 1.807) is 11.6 Å². The molecule has 3 rings (SSSR count). The van der Waals surface area contributed by atoms with Crippen molar-refractivity contribution in [1.82, 2.24) is 14.6 Å². The van der Waals surface area contributed by atoms with Crippen molar-refractivity contribution in [2.75, 3.05) is 7.11 Å². The zero-order valence-electron chi connectivity index (χ0n) is 11.3. The maximum atomic E-state index is 5.72. The van der Waals surface area contributed by atoms with Gasteiger partial charge < -0.3 is 10.5 Å². The fourth-order valence-corrected chi connectivity index (χ4v) is 2.20. The Hall–Kier alpha value is -2.40. The average Bonchev–Trinajstić information content (AvgIpc) is 2.89. The van der Waals surface area contributed by atoms with Crippen LogP contribution < -0.4 is 10.5 Å². The predicted octanol–water partition coefficient (Wildman–Crippen LogP) is 1.79. The van der Waals surface area contributed by atoms with Gasteiger partial charge in [-0.1, -0.05) is 18.2 Å². The van der Waals surface area contributed by atoms with Crippen LogP contribution in [0, 0.1) is 0 Å². The summed E-state index contributed by atoms with van der Waals surface area (Å²) in [7, 11) is 1.66. The van der Waals surface area contributed by atoms with Gasteiger partial charge in [-0.05, 0) is 23.8 Å². The van der Waals surface area contributed by atoms with Crippen LogP contribution in [0.25, 0.3) is 5.65 Å². The molecule has 0 saturated carbocycles. The molecule has 2 N–H and O–H groups in total. The van der Waals surface area contributed by atoms with E-state index in [9.17, 15) is 0 Å². The average molecular weight is 268 g/mol. The number of rotatable bonds is 4. The van der Waals surface area contributed by atoms with Gasteiger partial charge in [0, 0.05) is 24.7 Å². The summed E-state index contributed by atoms with van der Waals surface area (Å²) in [6, 6.07) is 11.8. The quantitative estimate of drug-likeness (QED) is 0.783. The zero-order chi connectivity index (χ0) is 13.9. The maximum absolute atomic E-state index is 5.72. The predicted molar refractivity (Wildman–Crippen MR) is 76.7 cm³/mol. The number of aromatic nitrogens is 3. The first-order chi connectivity index (χ1) is 9.80. The summed E-state index contributed by atoms with van der Waals surface area (Å²) in [6.07, 6.45) is 2.56. The van der Waals surface area contributed by atoms with Crippen LogP contribution in [0.5, 0.6) is 5.75 Å². The van der Waals surface area contributed by atoms with Crippen LogP contribution in [-0.4, -0.2) is 21.7 Å².